The lowest BCUT2D eigenvalue weighted by Gasteiger charge is -2.26. The van der Waals surface area contributed by atoms with Crippen LogP contribution in [0.4, 0.5) is 0 Å². The van der Waals surface area contributed by atoms with Crippen LogP contribution >= 0.6 is 11.6 Å². The van der Waals surface area contributed by atoms with Crippen molar-refractivity contribution in [3.8, 4) is 11.1 Å². The highest BCUT2D eigenvalue weighted by Crippen LogP contribution is 2.30. The molecule has 5 rings (SSSR count). The van der Waals surface area contributed by atoms with E-state index in [0.717, 1.165) is 44.0 Å². The van der Waals surface area contributed by atoms with E-state index in [4.69, 9.17) is 26.2 Å². The third kappa shape index (κ3) is 3.88. The quantitative estimate of drug-likeness (QED) is 0.441. The van der Waals surface area contributed by atoms with E-state index in [0.29, 0.717) is 35.0 Å². The monoisotopic (exact) mass is 454 g/mol. The van der Waals surface area contributed by atoms with Crippen LogP contribution in [0.5, 0.6) is 0 Å². The van der Waals surface area contributed by atoms with E-state index in [9.17, 15) is 4.79 Å². The van der Waals surface area contributed by atoms with Gasteiger partial charge in [-0.25, -0.2) is 4.52 Å². The number of hydrogen-bond acceptors (Lipinski definition) is 7. The Kier molecular flexibility index (Phi) is 5.88. The predicted molar refractivity (Wildman–Crippen MR) is 121 cm³/mol. The Morgan fingerprint density at radius 3 is 2.62 bits per heavy atom. The Morgan fingerprint density at radius 1 is 1.09 bits per heavy atom. The summed E-state index contributed by atoms with van der Waals surface area (Å²) in [6, 6.07) is 9.33. The van der Waals surface area contributed by atoms with Crippen molar-refractivity contribution >= 4 is 28.3 Å². The SMILES string of the molecule is COCc1nn2c(nnc3c(=O)n(CCN4CCOCC4)ccc32)c1-c1ccc(Cl)cc1. The fourth-order valence-corrected chi connectivity index (χ4v) is 4.15. The van der Waals surface area contributed by atoms with Crippen molar-refractivity contribution in [1.82, 2.24) is 29.3 Å². The molecule has 4 aromatic rings. The molecule has 0 amide bonds. The number of ether oxygens (including phenoxy) is 2. The Hall–Kier alpha value is -2.85. The molecule has 0 spiro atoms. The molecule has 0 saturated carbocycles. The molecule has 0 bridgehead atoms. The summed E-state index contributed by atoms with van der Waals surface area (Å²) in [5.41, 5.74) is 3.72. The molecule has 1 aromatic carbocycles. The second-order valence-electron chi connectivity index (χ2n) is 7.70. The van der Waals surface area contributed by atoms with Crippen molar-refractivity contribution in [1.29, 1.82) is 0 Å². The first-order chi connectivity index (χ1) is 15.7. The van der Waals surface area contributed by atoms with E-state index < -0.39 is 0 Å². The first-order valence-corrected chi connectivity index (χ1v) is 10.9. The normalized spacial score (nSPS) is 15.1. The smallest absolute Gasteiger partial charge is 0.280 e. The summed E-state index contributed by atoms with van der Waals surface area (Å²) >= 11 is 6.06. The number of pyridine rings is 1. The number of methoxy groups -OCH3 is 1. The highest BCUT2D eigenvalue weighted by atomic mass is 35.5. The summed E-state index contributed by atoms with van der Waals surface area (Å²) in [5, 5.41) is 14.0. The van der Waals surface area contributed by atoms with Gasteiger partial charge in [-0.1, -0.05) is 23.7 Å². The van der Waals surface area contributed by atoms with Crippen molar-refractivity contribution in [2.75, 3.05) is 40.0 Å². The molecule has 0 radical (unpaired) electrons. The van der Waals surface area contributed by atoms with Gasteiger partial charge in [-0.2, -0.15) is 5.10 Å². The largest absolute Gasteiger partial charge is 0.379 e. The molecule has 1 aliphatic rings. The summed E-state index contributed by atoms with van der Waals surface area (Å²) in [6.07, 6.45) is 1.80. The molecule has 0 N–H and O–H groups in total. The van der Waals surface area contributed by atoms with Gasteiger partial charge in [-0.15, -0.1) is 10.2 Å². The third-order valence-electron chi connectivity index (χ3n) is 5.70. The van der Waals surface area contributed by atoms with Crippen LogP contribution in [0.1, 0.15) is 5.69 Å². The van der Waals surface area contributed by atoms with E-state index in [1.165, 1.54) is 0 Å². The molecule has 1 fully saturated rings. The van der Waals surface area contributed by atoms with Crippen molar-refractivity contribution < 1.29 is 9.47 Å². The van der Waals surface area contributed by atoms with Crippen LogP contribution < -0.4 is 5.56 Å². The first-order valence-electron chi connectivity index (χ1n) is 10.5. The number of morpholine rings is 1. The number of hydrogen-bond donors (Lipinski definition) is 0. The standard InChI is InChI=1S/C22H23ClN6O3/c1-31-14-17-19(15-2-4-16(23)5-3-15)21-25-24-20-18(29(21)26-17)6-7-28(22(20)30)9-8-27-10-12-32-13-11-27/h2-7H,8-14H2,1H3. The Morgan fingerprint density at radius 2 is 1.88 bits per heavy atom. The number of halogens is 1. The van der Waals surface area contributed by atoms with Crippen LogP contribution in [-0.4, -0.2) is 69.2 Å². The minimum absolute atomic E-state index is 0.179. The van der Waals surface area contributed by atoms with Crippen LogP contribution in [0.3, 0.4) is 0 Å². The summed E-state index contributed by atoms with van der Waals surface area (Å²) in [4.78, 5) is 15.4. The highest BCUT2D eigenvalue weighted by Gasteiger charge is 2.20. The summed E-state index contributed by atoms with van der Waals surface area (Å²) in [5.74, 6) is 0. The zero-order valence-corrected chi connectivity index (χ0v) is 18.5. The number of rotatable bonds is 6. The third-order valence-corrected chi connectivity index (χ3v) is 5.95. The molecule has 166 valence electrons. The van der Waals surface area contributed by atoms with Gasteiger partial charge in [0.25, 0.3) is 5.56 Å². The summed E-state index contributed by atoms with van der Waals surface area (Å²) < 4.78 is 14.1. The minimum atomic E-state index is -0.179. The van der Waals surface area contributed by atoms with Gasteiger partial charge in [0.2, 0.25) is 0 Å². The van der Waals surface area contributed by atoms with Crippen LogP contribution in [0.2, 0.25) is 5.02 Å². The minimum Gasteiger partial charge on any atom is -0.379 e. The molecule has 0 unspecified atom stereocenters. The van der Waals surface area contributed by atoms with Gasteiger partial charge < -0.3 is 14.0 Å². The molecule has 1 saturated heterocycles. The number of nitrogens with zero attached hydrogens (tertiary/aromatic N) is 6. The molecule has 32 heavy (non-hydrogen) atoms. The summed E-state index contributed by atoms with van der Waals surface area (Å²) in [7, 11) is 1.62. The Bertz CT molecular complexity index is 1310. The number of aromatic nitrogens is 5. The molecule has 0 atom stereocenters. The van der Waals surface area contributed by atoms with Crippen molar-refractivity contribution in [2.24, 2.45) is 0 Å². The lowest BCUT2D eigenvalue weighted by molar-refractivity contribution is 0.0363. The maximum atomic E-state index is 13.1. The fraction of sp³-hybridized carbons (Fsp3) is 0.364. The van der Waals surface area contributed by atoms with E-state index in [-0.39, 0.29) is 11.1 Å². The Labute approximate surface area is 189 Å². The molecule has 4 heterocycles. The second kappa shape index (κ2) is 8.95. The molecule has 1 aliphatic heterocycles. The topological polar surface area (TPSA) is 86.8 Å². The van der Waals surface area contributed by atoms with E-state index in [1.54, 1.807) is 22.4 Å². The maximum Gasteiger partial charge on any atom is 0.280 e. The maximum absolute atomic E-state index is 13.1. The average molecular weight is 455 g/mol. The molecular weight excluding hydrogens is 432 g/mol. The van der Waals surface area contributed by atoms with Gasteiger partial charge in [0.1, 0.15) is 5.52 Å². The molecule has 10 heteroatoms. The van der Waals surface area contributed by atoms with E-state index in [2.05, 4.69) is 15.1 Å². The summed E-state index contributed by atoms with van der Waals surface area (Å²) in [6.45, 7) is 4.89. The lowest BCUT2D eigenvalue weighted by Crippen LogP contribution is -2.39. The van der Waals surface area contributed by atoms with Crippen LogP contribution in [0, 0.1) is 0 Å². The lowest BCUT2D eigenvalue weighted by atomic mass is 10.1. The molecule has 3 aromatic heterocycles. The second-order valence-corrected chi connectivity index (χ2v) is 8.14. The predicted octanol–water partition coefficient (Wildman–Crippen LogP) is 2.24. The zero-order valence-electron chi connectivity index (χ0n) is 17.7. The molecular formula is C22H23ClN6O3. The van der Waals surface area contributed by atoms with Gasteiger partial charge in [0.05, 0.1) is 31.1 Å². The van der Waals surface area contributed by atoms with Gasteiger partial charge >= 0.3 is 0 Å². The zero-order chi connectivity index (χ0) is 22.1. The van der Waals surface area contributed by atoms with Crippen LogP contribution in [0.15, 0.2) is 41.3 Å². The first kappa shape index (κ1) is 21.0. The van der Waals surface area contributed by atoms with E-state index in [1.807, 2.05) is 30.3 Å². The van der Waals surface area contributed by atoms with Gasteiger partial charge in [0.15, 0.2) is 11.2 Å². The molecule has 9 nitrogen and oxygen atoms in total. The Balaban J connectivity index is 1.57. The van der Waals surface area contributed by atoms with Crippen LogP contribution in [-0.2, 0) is 22.6 Å². The van der Waals surface area contributed by atoms with Crippen molar-refractivity contribution in [2.45, 2.75) is 13.2 Å². The van der Waals surface area contributed by atoms with E-state index >= 15 is 0 Å². The van der Waals surface area contributed by atoms with Crippen molar-refractivity contribution in [3.05, 3.63) is 57.6 Å². The van der Waals surface area contributed by atoms with Gasteiger partial charge in [0, 0.05) is 44.5 Å². The van der Waals surface area contributed by atoms with Crippen LogP contribution in [0.25, 0.3) is 27.8 Å². The number of benzene rings is 1. The average Bonchev–Trinajstić information content (AvgIpc) is 3.18. The van der Waals surface area contributed by atoms with Gasteiger partial charge in [-0.05, 0) is 23.8 Å². The number of fused-ring (bicyclic) bond motifs is 3. The van der Waals surface area contributed by atoms with Crippen molar-refractivity contribution in [3.63, 3.8) is 0 Å². The molecule has 0 aliphatic carbocycles. The highest BCUT2D eigenvalue weighted by molar-refractivity contribution is 6.30. The fourth-order valence-electron chi connectivity index (χ4n) is 4.03. The van der Waals surface area contributed by atoms with Gasteiger partial charge in [-0.3, -0.25) is 9.69 Å².